The van der Waals surface area contributed by atoms with E-state index in [4.69, 9.17) is 0 Å². The molecule has 0 spiro atoms. The molecule has 0 atom stereocenters. The lowest BCUT2D eigenvalue weighted by Gasteiger charge is -2.38. The molecule has 0 saturated carbocycles. The van der Waals surface area contributed by atoms with Crippen LogP contribution in [0.25, 0.3) is 10.9 Å². The minimum absolute atomic E-state index is 0.105. The molecule has 1 fully saturated rings. The van der Waals surface area contributed by atoms with Gasteiger partial charge < -0.3 is 15.3 Å². The number of fused-ring (bicyclic) bond motifs is 1. The molecule has 5 rings (SSSR count). The molecule has 3 aromatic carbocycles. The second kappa shape index (κ2) is 9.52. The van der Waals surface area contributed by atoms with Crippen molar-refractivity contribution >= 4 is 28.2 Å². The van der Waals surface area contributed by atoms with E-state index in [9.17, 15) is 23.1 Å². The number of hydrogen-bond donors (Lipinski definition) is 2. The predicted octanol–water partition coefficient (Wildman–Crippen LogP) is 6.43. The highest BCUT2D eigenvalue weighted by atomic mass is 19.4. The highest BCUT2D eigenvalue weighted by Crippen LogP contribution is 2.35. The second-order valence-corrected chi connectivity index (χ2v) is 9.48. The van der Waals surface area contributed by atoms with Gasteiger partial charge in [-0.3, -0.25) is 9.78 Å². The fourth-order valence-corrected chi connectivity index (χ4v) is 4.77. The maximum Gasteiger partial charge on any atom is 0.416 e. The topological polar surface area (TPSA) is 65.5 Å². The number of carbonyl (C=O) groups is 1. The van der Waals surface area contributed by atoms with Crippen LogP contribution in [0.2, 0.25) is 0 Å². The number of alkyl halides is 3. The third-order valence-electron chi connectivity index (χ3n) is 6.91. The number of likely N-dealkylation sites (tertiary alicyclic amines) is 1. The summed E-state index contributed by atoms with van der Waals surface area (Å²) < 4.78 is 39.1. The third-order valence-corrected chi connectivity index (χ3v) is 6.91. The summed E-state index contributed by atoms with van der Waals surface area (Å²) >= 11 is 0. The van der Waals surface area contributed by atoms with Gasteiger partial charge in [-0.15, -0.1) is 0 Å². The van der Waals surface area contributed by atoms with Crippen LogP contribution in [0.15, 0.2) is 79.0 Å². The summed E-state index contributed by atoms with van der Waals surface area (Å²) in [6.45, 7) is 2.89. The van der Waals surface area contributed by atoms with Crippen LogP contribution in [0.4, 0.5) is 24.5 Å². The number of pyridine rings is 1. The summed E-state index contributed by atoms with van der Waals surface area (Å²) in [6.07, 6.45) is -2.05. The van der Waals surface area contributed by atoms with E-state index in [1.165, 1.54) is 12.3 Å². The molecular weight excluding hydrogens is 479 g/mol. The maximum absolute atomic E-state index is 13.1. The van der Waals surface area contributed by atoms with Gasteiger partial charge in [-0.2, -0.15) is 13.2 Å². The molecule has 0 aliphatic carbocycles. The van der Waals surface area contributed by atoms with Crippen LogP contribution in [-0.4, -0.2) is 34.0 Å². The molecule has 0 bridgehead atoms. The van der Waals surface area contributed by atoms with Gasteiger partial charge in [0, 0.05) is 41.6 Å². The zero-order valence-electron chi connectivity index (χ0n) is 20.2. The van der Waals surface area contributed by atoms with Crippen molar-refractivity contribution in [3.05, 3.63) is 101 Å². The number of amides is 1. The number of rotatable bonds is 4. The van der Waals surface area contributed by atoms with Crippen molar-refractivity contribution in [2.45, 2.75) is 31.5 Å². The summed E-state index contributed by atoms with van der Waals surface area (Å²) in [5.41, 5.74) is 2.36. The molecule has 5 nitrogen and oxygen atoms in total. The summed E-state index contributed by atoms with van der Waals surface area (Å²) in [7, 11) is 0. The molecule has 4 aromatic rings. The number of piperidine rings is 1. The Balaban J connectivity index is 1.26. The summed E-state index contributed by atoms with van der Waals surface area (Å²) in [5, 5.41) is 14.9. The number of halogens is 3. The highest BCUT2D eigenvalue weighted by Gasteiger charge is 2.35. The Bertz CT molecular complexity index is 1440. The van der Waals surface area contributed by atoms with E-state index in [-0.39, 0.29) is 11.4 Å². The number of carbonyl (C=O) groups excluding carboxylic acids is 1. The molecule has 1 amide bonds. The fourth-order valence-electron chi connectivity index (χ4n) is 4.77. The van der Waals surface area contributed by atoms with Gasteiger partial charge in [-0.25, -0.2) is 0 Å². The number of nitrogens with one attached hydrogen (secondary N) is 1. The van der Waals surface area contributed by atoms with Crippen LogP contribution in [0.3, 0.4) is 0 Å². The lowest BCUT2D eigenvalue weighted by molar-refractivity contribution is -0.137. The Labute approximate surface area is 212 Å². The van der Waals surface area contributed by atoms with Crippen molar-refractivity contribution in [2.24, 2.45) is 0 Å². The maximum atomic E-state index is 13.1. The number of aromatic nitrogens is 1. The average molecular weight is 506 g/mol. The van der Waals surface area contributed by atoms with Crippen molar-refractivity contribution in [1.82, 2.24) is 9.88 Å². The SMILES string of the molecule is Cc1cccc(C2(O)CCN(C(=O)c3ccc(Nc4ccnc5cc(C(F)(F)F)ccc45)cc3)CC2)c1. The molecular formula is C29H26F3N3O2. The monoisotopic (exact) mass is 505 g/mol. The fraction of sp³-hybridized carbons (Fsp3) is 0.241. The van der Waals surface area contributed by atoms with Gasteiger partial charge in [-0.05, 0) is 67.8 Å². The van der Waals surface area contributed by atoms with Crippen LogP contribution in [-0.2, 0) is 11.8 Å². The molecule has 1 aliphatic rings. The molecule has 8 heteroatoms. The summed E-state index contributed by atoms with van der Waals surface area (Å²) in [6, 6.07) is 20.0. The lowest BCUT2D eigenvalue weighted by atomic mass is 9.83. The minimum atomic E-state index is -4.44. The van der Waals surface area contributed by atoms with E-state index in [1.54, 1.807) is 35.2 Å². The van der Waals surface area contributed by atoms with Gasteiger partial charge in [0.1, 0.15) is 0 Å². The largest absolute Gasteiger partial charge is 0.416 e. The molecule has 0 radical (unpaired) electrons. The lowest BCUT2D eigenvalue weighted by Crippen LogP contribution is -2.45. The first-order valence-corrected chi connectivity index (χ1v) is 12.0. The van der Waals surface area contributed by atoms with Gasteiger partial charge in [0.05, 0.1) is 16.7 Å². The third kappa shape index (κ3) is 5.15. The first kappa shape index (κ1) is 24.8. The van der Waals surface area contributed by atoms with Crippen molar-refractivity contribution in [1.29, 1.82) is 0 Å². The number of nitrogens with zero attached hydrogens (tertiary/aromatic N) is 2. The van der Waals surface area contributed by atoms with Gasteiger partial charge in [0.15, 0.2) is 0 Å². The van der Waals surface area contributed by atoms with Crippen LogP contribution < -0.4 is 5.32 Å². The number of aliphatic hydroxyl groups is 1. The molecule has 2 heterocycles. The van der Waals surface area contributed by atoms with Gasteiger partial charge >= 0.3 is 6.18 Å². The van der Waals surface area contributed by atoms with E-state index in [0.29, 0.717) is 48.3 Å². The molecule has 1 saturated heterocycles. The van der Waals surface area contributed by atoms with Crippen LogP contribution in [0.1, 0.15) is 39.9 Å². The molecule has 37 heavy (non-hydrogen) atoms. The number of aryl methyl sites for hydroxylation is 1. The van der Waals surface area contributed by atoms with Gasteiger partial charge in [-0.1, -0.05) is 35.9 Å². The van der Waals surface area contributed by atoms with E-state index >= 15 is 0 Å². The molecule has 1 aliphatic heterocycles. The predicted molar refractivity (Wildman–Crippen MR) is 137 cm³/mol. The smallest absolute Gasteiger partial charge is 0.385 e. The standard InChI is InChI=1S/C29H26F3N3O2/c1-19-3-2-4-21(17-19)28(37)12-15-35(16-13-28)27(36)20-5-8-23(9-6-20)34-25-11-14-33-26-18-22(29(30,31)32)7-10-24(25)26/h2-11,14,17-18,37H,12-13,15-16H2,1H3,(H,33,34). The highest BCUT2D eigenvalue weighted by molar-refractivity contribution is 5.96. The number of benzene rings is 3. The molecule has 0 unspecified atom stereocenters. The average Bonchev–Trinajstić information content (AvgIpc) is 2.88. The first-order chi connectivity index (χ1) is 17.6. The van der Waals surface area contributed by atoms with Gasteiger partial charge in [0.2, 0.25) is 0 Å². The zero-order valence-corrected chi connectivity index (χ0v) is 20.2. The van der Waals surface area contributed by atoms with E-state index in [2.05, 4.69) is 10.3 Å². The number of hydrogen-bond acceptors (Lipinski definition) is 4. The van der Waals surface area contributed by atoms with Crippen LogP contribution >= 0.6 is 0 Å². The van der Waals surface area contributed by atoms with E-state index in [1.807, 2.05) is 31.2 Å². The molecule has 190 valence electrons. The Hall–Kier alpha value is -3.91. The molecule has 1 aromatic heterocycles. The van der Waals surface area contributed by atoms with Crippen molar-refractivity contribution < 1.29 is 23.1 Å². The molecule has 2 N–H and O–H groups in total. The van der Waals surface area contributed by atoms with E-state index < -0.39 is 17.3 Å². The zero-order chi connectivity index (χ0) is 26.2. The number of anilines is 2. The van der Waals surface area contributed by atoms with Crippen molar-refractivity contribution in [2.75, 3.05) is 18.4 Å². The van der Waals surface area contributed by atoms with E-state index in [0.717, 1.165) is 23.3 Å². The Morgan fingerprint density at radius 3 is 2.41 bits per heavy atom. The summed E-state index contributed by atoms with van der Waals surface area (Å²) in [4.78, 5) is 18.9. The van der Waals surface area contributed by atoms with Crippen LogP contribution in [0, 0.1) is 6.92 Å². The van der Waals surface area contributed by atoms with Crippen molar-refractivity contribution in [3.8, 4) is 0 Å². The quantitative estimate of drug-likeness (QED) is 0.336. The van der Waals surface area contributed by atoms with Crippen molar-refractivity contribution in [3.63, 3.8) is 0 Å². The summed E-state index contributed by atoms with van der Waals surface area (Å²) in [5.74, 6) is -0.105. The van der Waals surface area contributed by atoms with Crippen LogP contribution in [0.5, 0.6) is 0 Å². The van der Waals surface area contributed by atoms with Gasteiger partial charge in [0.25, 0.3) is 5.91 Å². The Morgan fingerprint density at radius 1 is 1.00 bits per heavy atom. The Kier molecular flexibility index (Phi) is 6.37. The normalized spacial score (nSPS) is 15.5. The first-order valence-electron chi connectivity index (χ1n) is 12.0. The second-order valence-electron chi connectivity index (χ2n) is 9.48. The Morgan fingerprint density at radius 2 is 1.73 bits per heavy atom. The minimum Gasteiger partial charge on any atom is -0.385 e.